The van der Waals surface area contributed by atoms with Gasteiger partial charge in [-0.05, 0) is 25.1 Å². The SMILES string of the molecule is CC(N)c1coc(Nc2cccc(C(=O)O)c2)n1. The Hall–Kier alpha value is -2.34. The van der Waals surface area contributed by atoms with Crippen LogP contribution in [0.4, 0.5) is 11.7 Å². The lowest BCUT2D eigenvalue weighted by molar-refractivity contribution is 0.0697. The fourth-order valence-corrected chi connectivity index (χ4v) is 1.41. The van der Waals surface area contributed by atoms with Crippen molar-refractivity contribution in [2.45, 2.75) is 13.0 Å². The third kappa shape index (κ3) is 2.67. The summed E-state index contributed by atoms with van der Waals surface area (Å²) in [7, 11) is 0. The van der Waals surface area contributed by atoms with Gasteiger partial charge in [0, 0.05) is 11.7 Å². The highest BCUT2D eigenvalue weighted by Crippen LogP contribution is 2.19. The van der Waals surface area contributed by atoms with E-state index in [2.05, 4.69) is 10.3 Å². The molecule has 18 heavy (non-hydrogen) atoms. The van der Waals surface area contributed by atoms with Crippen LogP contribution in [0.15, 0.2) is 34.9 Å². The fraction of sp³-hybridized carbons (Fsp3) is 0.167. The van der Waals surface area contributed by atoms with E-state index >= 15 is 0 Å². The number of aromatic nitrogens is 1. The molecule has 0 amide bonds. The number of carboxylic acid groups (broad SMARTS) is 1. The largest absolute Gasteiger partial charge is 0.478 e. The molecule has 1 atom stereocenters. The number of oxazole rings is 1. The van der Waals surface area contributed by atoms with Gasteiger partial charge in [0.15, 0.2) is 0 Å². The summed E-state index contributed by atoms with van der Waals surface area (Å²) in [4.78, 5) is 14.9. The number of benzene rings is 1. The minimum Gasteiger partial charge on any atom is -0.478 e. The van der Waals surface area contributed by atoms with Gasteiger partial charge in [-0.2, -0.15) is 4.98 Å². The van der Waals surface area contributed by atoms with Crippen LogP contribution < -0.4 is 11.1 Å². The third-order valence-electron chi connectivity index (χ3n) is 2.35. The van der Waals surface area contributed by atoms with Crippen LogP contribution in [0.1, 0.15) is 29.0 Å². The fourth-order valence-electron chi connectivity index (χ4n) is 1.41. The van der Waals surface area contributed by atoms with E-state index in [1.807, 2.05) is 0 Å². The lowest BCUT2D eigenvalue weighted by atomic mass is 10.2. The number of hydrogen-bond acceptors (Lipinski definition) is 5. The molecule has 0 saturated heterocycles. The van der Waals surface area contributed by atoms with Gasteiger partial charge in [-0.3, -0.25) is 0 Å². The molecular weight excluding hydrogens is 234 g/mol. The van der Waals surface area contributed by atoms with Crippen LogP contribution in [0.5, 0.6) is 0 Å². The molecule has 0 aliphatic carbocycles. The van der Waals surface area contributed by atoms with Gasteiger partial charge in [-0.25, -0.2) is 4.79 Å². The summed E-state index contributed by atoms with van der Waals surface area (Å²) >= 11 is 0. The molecule has 1 unspecified atom stereocenters. The van der Waals surface area contributed by atoms with E-state index in [-0.39, 0.29) is 17.6 Å². The van der Waals surface area contributed by atoms with Gasteiger partial charge < -0.3 is 20.6 Å². The summed E-state index contributed by atoms with van der Waals surface area (Å²) < 4.78 is 5.18. The number of nitrogens with zero attached hydrogens (tertiary/aromatic N) is 1. The Bertz CT molecular complexity index is 563. The first-order chi connectivity index (χ1) is 8.56. The number of nitrogens with one attached hydrogen (secondary N) is 1. The molecule has 0 aliphatic heterocycles. The molecule has 0 spiro atoms. The molecular formula is C12H13N3O3. The molecule has 2 rings (SSSR count). The first kappa shape index (κ1) is 12.1. The Kier molecular flexibility index (Phi) is 3.29. The van der Waals surface area contributed by atoms with Crippen molar-refractivity contribution >= 4 is 17.7 Å². The Morgan fingerprint density at radius 3 is 2.94 bits per heavy atom. The normalized spacial score (nSPS) is 12.1. The van der Waals surface area contributed by atoms with Gasteiger partial charge in [0.2, 0.25) is 0 Å². The van der Waals surface area contributed by atoms with Crippen LogP contribution >= 0.6 is 0 Å². The third-order valence-corrected chi connectivity index (χ3v) is 2.35. The van der Waals surface area contributed by atoms with E-state index in [9.17, 15) is 4.79 Å². The van der Waals surface area contributed by atoms with E-state index in [4.69, 9.17) is 15.3 Å². The maximum absolute atomic E-state index is 10.8. The van der Waals surface area contributed by atoms with E-state index in [0.29, 0.717) is 11.4 Å². The van der Waals surface area contributed by atoms with Crippen molar-refractivity contribution in [2.75, 3.05) is 5.32 Å². The summed E-state index contributed by atoms with van der Waals surface area (Å²) in [6, 6.07) is 6.44. The lowest BCUT2D eigenvalue weighted by Crippen LogP contribution is -2.05. The molecule has 4 N–H and O–H groups in total. The van der Waals surface area contributed by atoms with E-state index in [1.165, 1.54) is 18.4 Å². The molecule has 0 saturated carbocycles. The zero-order valence-electron chi connectivity index (χ0n) is 9.75. The average molecular weight is 247 g/mol. The Labute approximate surface area is 103 Å². The summed E-state index contributed by atoms with van der Waals surface area (Å²) in [6.07, 6.45) is 1.47. The van der Waals surface area contributed by atoms with E-state index in [1.54, 1.807) is 19.1 Å². The number of carboxylic acids is 1. The Morgan fingerprint density at radius 2 is 2.33 bits per heavy atom. The summed E-state index contributed by atoms with van der Waals surface area (Å²) in [6.45, 7) is 1.80. The molecule has 1 heterocycles. The van der Waals surface area contributed by atoms with Gasteiger partial charge in [-0.1, -0.05) is 6.07 Å². The predicted molar refractivity (Wildman–Crippen MR) is 65.8 cm³/mol. The molecule has 2 aromatic rings. The molecule has 0 radical (unpaired) electrons. The molecule has 0 aliphatic rings. The predicted octanol–water partition coefficient (Wildman–Crippen LogP) is 2.14. The zero-order valence-corrected chi connectivity index (χ0v) is 9.75. The maximum Gasteiger partial charge on any atom is 0.335 e. The number of nitrogens with two attached hydrogens (primary N) is 1. The van der Waals surface area contributed by atoms with Crippen molar-refractivity contribution in [2.24, 2.45) is 5.73 Å². The minimum atomic E-state index is -0.984. The number of anilines is 2. The second-order valence-corrected chi connectivity index (χ2v) is 3.88. The molecule has 0 bridgehead atoms. The first-order valence-corrected chi connectivity index (χ1v) is 5.37. The van der Waals surface area contributed by atoms with Crippen LogP contribution in [0.25, 0.3) is 0 Å². The van der Waals surface area contributed by atoms with E-state index < -0.39 is 5.97 Å². The van der Waals surface area contributed by atoms with Gasteiger partial charge in [0.1, 0.15) is 6.26 Å². The van der Waals surface area contributed by atoms with Crippen LogP contribution in [0.3, 0.4) is 0 Å². The molecule has 1 aromatic heterocycles. The van der Waals surface area contributed by atoms with Crippen molar-refractivity contribution in [1.82, 2.24) is 4.98 Å². The van der Waals surface area contributed by atoms with Crippen molar-refractivity contribution in [1.29, 1.82) is 0 Å². The smallest absolute Gasteiger partial charge is 0.335 e. The van der Waals surface area contributed by atoms with E-state index in [0.717, 1.165) is 0 Å². The van der Waals surface area contributed by atoms with Crippen molar-refractivity contribution in [3.05, 3.63) is 41.8 Å². The monoisotopic (exact) mass is 247 g/mol. The van der Waals surface area contributed by atoms with Crippen LogP contribution in [0.2, 0.25) is 0 Å². The lowest BCUT2D eigenvalue weighted by Gasteiger charge is -2.02. The molecule has 94 valence electrons. The first-order valence-electron chi connectivity index (χ1n) is 5.37. The van der Waals surface area contributed by atoms with Gasteiger partial charge in [-0.15, -0.1) is 0 Å². The number of carbonyl (C=O) groups is 1. The zero-order chi connectivity index (χ0) is 13.1. The summed E-state index contributed by atoms with van der Waals surface area (Å²) in [5.41, 5.74) is 7.07. The quantitative estimate of drug-likeness (QED) is 0.765. The van der Waals surface area contributed by atoms with Crippen molar-refractivity contribution in [3.63, 3.8) is 0 Å². The van der Waals surface area contributed by atoms with Gasteiger partial charge in [0.05, 0.1) is 11.3 Å². The topological polar surface area (TPSA) is 101 Å². The number of hydrogen-bond donors (Lipinski definition) is 3. The summed E-state index contributed by atoms with van der Waals surface area (Å²) in [5.74, 6) is -0.984. The van der Waals surface area contributed by atoms with Gasteiger partial charge >= 0.3 is 5.97 Å². The standard InChI is InChI=1S/C12H13N3O3/c1-7(13)10-6-18-12(15-10)14-9-4-2-3-8(5-9)11(16)17/h2-7H,13H2,1H3,(H,14,15)(H,16,17). The molecule has 6 nitrogen and oxygen atoms in total. The average Bonchev–Trinajstić information content (AvgIpc) is 2.78. The highest BCUT2D eigenvalue weighted by atomic mass is 16.4. The maximum atomic E-state index is 10.8. The number of aromatic carboxylic acids is 1. The molecule has 1 aromatic carbocycles. The molecule has 6 heteroatoms. The number of rotatable bonds is 4. The summed E-state index contributed by atoms with van der Waals surface area (Å²) in [5, 5.41) is 11.7. The Balaban J connectivity index is 2.17. The van der Waals surface area contributed by atoms with Crippen LogP contribution in [-0.2, 0) is 0 Å². The van der Waals surface area contributed by atoms with Crippen LogP contribution in [0, 0.1) is 0 Å². The van der Waals surface area contributed by atoms with Crippen molar-refractivity contribution < 1.29 is 14.3 Å². The highest BCUT2D eigenvalue weighted by molar-refractivity contribution is 5.88. The van der Waals surface area contributed by atoms with Gasteiger partial charge in [0.25, 0.3) is 6.01 Å². The minimum absolute atomic E-state index is 0.193. The second-order valence-electron chi connectivity index (χ2n) is 3.88. The van der Waals surface area contributed by atoms with Crippen molar-refractivity contribution in [3.8, 4) is 0 Å². The van der Waals surface area contributed by atoms with Crippen LogP contribution in [-0.4, -0.2) is 16.1 Å². The second kappa shape index (κ2) is 4.89. The Morgan fingerprint density at radius 1 is 1.56 bits per heavy atom. The molecule has 0 fully saturated rings. The highest BCUT2D eigenvalue weighted by Gasteiger charge is 2.08.